The third-order valence-corrected chi connectivity index (χ3v) is 13.4. The lowest BCUT2D eigenvalue weighted by molar-refractivity contribution is 0.795. The van der Waals surface area contributed by atoms with Crippen molar-refractivity contribution < 1.29 is 0 Å². The lowest BCUT2D eigenvalue weighted by Gasteiger charge is -2.30. The second-order valence-electron chi connectivity index (χ2n) is 15.6. The van der Waals surface area contributed by atoms with Crippen LogP contribution < -0.4 is 0 Å². The van der Waals surface area contributed by atoms with Gasteiger partial charge in [-0.05, 0) is 91.0 Å². The van der Waals surface area contributed by atoms with Crippen LogP contribution in [0.4, 0.5) is 0 Å². The lowest BCUT2D eigenvalue weighted by atomic mass is 9.70. The molecular weight excluding hydrogens is 641 g/mol. The summed E-state index contributed by atoms with van der Waals surface area (Å²) in [6.45, 7) is 1.76. The van der Waals surface area contributed by atoms with Gasteiger partial charge in [-0.3, -0.25) is 0 Å². The van der Waals surface area contributed by atoms with Crippen LogP contribution in [0.5, 0.6) is 0 Å². The minimum atomic E-state index is -0.426. The Hall–Kier alpha value is -6.64. The van der Waals surface area contributed by atoms with Gasteiger partial charge in [-0.25, -0.2) is 0 Å². The molecule has 0 saturated heterocycles. The smallest absolute Gasteiger partial charge is 0.0726 e. The number of fused-ring (bicyclic) bond motifs is 20. The van der Waals surface area contributed by atoms with Crippen molar-refractivity contribution in [3.05, 3.63) is 191 Å². The van der Waals surface area contributed by atoms with E-state index in [0.717, 1.165) is 13.1 Å². The minimum absolute atomic E-state index is 0.426. The molecule has 0 bridgehead atoms. The fourth-order valence-electron chi connectivity index (χ4n) is 11.4. The maximum Gasteiger partial charge on any atom is 0.0726 e. The van der Waals surface area contributed by atoms with Gasteiger partial charge in [0.25, 0.3) is 0 Å². The summed E-state index contributed by atoms with van der Waals surface area (Å²) in [6, 6.07) is 60.5. The first-order chi connectivity index (χ1) is 26.3. The van der Waals surface area contributed by atoms with Crippen molar-refractivity contribution in [1.29, 1.82) is 0 Å². The number of hydrogen-bond acceptors (Lipinski definition) is 0. The molecule has 1 spiro atoms. The molecule has 8 aromatic carbocycles. The maximum absolute atomic E-state index is 2.60. The Balaban J connectivity index is 1.17. The van der Waals surface area contributed by atoms with Crippen LogP contribution in [0.1, 0.15) is 33.4 Å². The summed E-state index contributed by atoms with van der Waals surface area (Å²) >= 11 is 0. The van der Waals surface area contributed by atoms with E-state index in [1.165, 1.54) is 122 Å². The zero-order valence-corrected chi connectivity index (χ0v) is 28.8. The first-order valence-electron chi connectivity index (χ1n) is 18.8. The quantitative estimate of drug-likeness (QED) is 0.152. The highest BCUT2D eigenvalue weighted by Crippen LogP contribution is 2.64. The van der Waals surface area contributed by atoms with Crippen LogP contribution >= 0.6 is 0 Å². The maximum atomic E-state index is 2.60. The SMILES string of the molecule is c1ccc2c(c1)Cn1c3cc4c(cc3c3cccc-2c31)C1(c2ccccc2-c2ccccc21)c1cc2c3cccc5c3n(c2cc1-4)Cc1ccccc1-5. The van der Waals surface area contributed by atoms with Gasteiger partial charge in [-0.2, -0.15) is 0 Å². The number of aromatic nitrogens is 2. The monoisotopic (exact) mass is 670 g/mol. The number of benzene rings is 8. The van der Waals surface area contributed by atoms with Crippen LogP contribution in [0.25, 0.3) is 88.1 Å². The van der Waals surface area contributed by atoms with Crippen molar-refractivity contribution in [1.82, 2.24) is 9.13 Å². The molecule has 2 aliphatic heterocycles. The summed E-state index contributed by atoms with van der Waals surface area (Å²) in [7, 11) is 0. The highest BCUT2D eigenvalue weighted by atomic mass is 15.0. The molecule has 2 heteroatoms. The van der Waals surface area contributed by atoms with Crippen LogP contribution in [0.2, 0.25) is 0 Å². The lowest BCUT2D eigenvalue weighted by Crippen LogP contribution is -2.25. The highest BCUT2D eigenvalue weighted by molar-refractivity contribution is 6.18. The molecule has 0 amide bonds. The molecule has 0 saturated carbocycles. The van der Waals surface area contributed by atoms with Crippen molar-refractivity contribution in [2.45, 2.75) is 18.5 Å². The fraction of sp³-hybridized carbons (Fsp3) is 0.0588. The summed E-state index contributed by atoms with van der Waals surface area (Å²) in [5.41, 5.74) is 24.1. The third-order valence-electron chi connectivity index (χ3n) is 13.4. The van der Waals surface area contributed by atoms with E-state index < -0.39 is 5.41 Å². The normalized spacial score (nSPS) is 14.8. The van der Waals surface area contributed by atoms with Gasteiger partial charge in [0.05, 0.1) is 27.5 Å². The average Bonchev–Trinajstić information content (AvgIpc) is 3.90. The van der Waals surface area contributed by atoms with Gasteiger partial charge < -0.3 is 9.13 Å². The summed E-state index contributed by atoms with van der Waals surface area (Å²) in [5.74, 6) is 0. The van der Waals surface area contributed by atoms with E-state index >= 15 is 0 Å². The third kappa shape index (κ3) is 2.97. The molecule has 0 N–H and O–H groups in total. The number of rotatable bonds is 0. The number of para-hydroxylation sites is 2. The molecule has 2 nitrogen and oxygen atoms in total. The van der Waals surface area contributed by atoms with E-state index in [0.29, 0.717) is 0 Å². The molecule has 0 atom stereocenters. The highest BCUT2D eigenvalue weighted by Gasteiger charge is 2.52. The van der Waals surface area contributed by atoms with E-state index in [-0.39, 0.29) is 0 Å². The van der Waals surface area contributed by atoms with Gasteiger partial charge in [0.2, 0.25) is 0 Å². The standard InChI is InChI=1S/C51H30N2/c1-3-13-31-29(11-1)27-52-47-25-39-40-26-48-42(38-20-10-18-36-32-14-4-2-12-30(32)28-53(48)50(36)38)24-46(40)51(45(39)23-41(47)37-19-9-17-35(31)49(37)52)43-21-7-5-15-33(43)34-16-6-8-22-44(34)51/h1-26H,27-28H2. The number of hydrogen-bond donors (Lipinski definition) is 0. The van der Waals surface area contributed by atoms with E-state index in [9.17, 15) is 0 Å². The summed E-state index contributed by atoms with van der Waals surface area (Å²) in [5, 5.41) is 5.38. The molecule has 2 aliphatic carbocycles. The van der Waals surface area contributed by atoms with Gasteiger partial charge in [-0.1, -0.05) is 133 Å². The van der Waals surface area contributed by atoms with E-state index in [1.54, 1.807) is 0 Å². The molecule has 4 heterocycles. The van der Waals surface area contributed by atoms with Crippen molar-refractivity contribution >= 4 is 43.6 Å². The molecule has 14 rings (SSSR count). The van der Waals surface area contributed by atoms with Crippen LogP contribution in [-0.2, 0) is 18.5 Å². The molecule has 0 fully saturated rings. The molecule has 0 radical (unpaired) electrons. The van der Waals surface area contributed by atoms with Gasteiger partial charge in [-0.15, -0.1) is 0 Å². The van der Waals surface area contributed by atoms with Crippen LogP contribution in [0, 0.1) is 0 Å². The Morgan fingerprint density at radius 1 is 0.321 bits per heavy atom. The van der Waals surface area contributed by atoms with Gasteiger partial charge in [0, 0.05) is 45.8 Å². The Labute approximate surface area is 305 Å². The Morgan fingerprint density at radius 3 is 1.23 bits per heavy atom. The predicted octanol–water partition coefficient (Wildman–Crippen LogP) is 12.3. The molecule has 53 heavy (non-hydrogen) atoms. The average molecular weight is 671 g/mol. The minimum Gasteiger partial charge on any atom is -0.335 e. The van der Waals surface area contributed by atoms with Crippen LogP contribution in [-0.4, -0.2) is 9.13 Å². The first kappa shape index (κ1) is 27.1. The summed E-state index contributed by atoms with van der Waals surface area (Å²) in [4.78, 5) is 0. The zero-order chi connectivity index (χ0) is 34.2. The molecule has 2 aromatic heterocycles. The van der Waals surface area contributed by atoms with Crippen molar-refractivity contribution in [3.63, 3.8) is 0 Å². The first-order valence-corrected chi connectivity index (χ1v) is 18.8. The molecule has 4 aliphatic rings. The van der Waals surface area contributed by atoms with E-state index in [4.69, 9.17) is 0 Å². The van der Waals surface area contributed by atoms with Crippen LogP contribution in [0.3, 0.4) is 0 Å². The number of nitrogens with zero attached hydrogens (tertiary/aromatic N) is 2. The molecule has 244 valence electrons. The zero-order valence-electron chi connectivity index (χ0n) is 28.8. The predicted molar refractivity (Wildman–Crippen MR) is 218 cm³/mol. The van der Waals surface area contributed by atoms with E-state index in [2.05, 4.69) is 167 Å². The van der Waals surface area contributed by atoms with Crippen LogP contribution in [0.15, 0.2) is 158 Å². The largest absolute Gasteiger partial charge is 0.335 e. The second kappa shape index (κ2) is 9.04. The van der Waals surface area contributed by atoms with Gasteiger partial charge >= 0.3 is 0 Å². The summed E-state index contributed by atoms with van der Waals surface area (Å²) in [6.07, 6.45) is 0. The molecule has 0 unspecified atom stereocenters. The Bertz CT molecular complexity index is 3120. The van der Waals surface area contributed by atoms with Gasteiger partial charge in [0.15, 0.2) is 0 Å². The Morgan fingerprint density at radius 2 is 0.736 bits per heavy atom. The second-order valence-corrected chi connectivity index (χ2v) is 15.6. The molecular formula is C51H30N2. The van der Waals surface area contributed by atoms with Gasteiger partial charge in [0.1, 0.15) is 0 Å². The topological polar surface area (TPSA) is 9.86 Å². The molecule has 10 aromatic rings. The van der Waals surface area contributed by atoms with Crippen molar-refractivity contribution in [2.24, 2.45) is 0 Å². The summed E-state index contributed by atoms with van der Waals surface area (Å²) < 4.78 is 5.20. The van der Waals surface area contributed by atoms with Crippen molar-refractivity contribution in [3.8, 4) is 44.5 Å². The van der Waals surface area contributed by atoms with Crippen molar-refractivity contribution in [2.75, 3.05) is 0 Å². The Kier molecular flexibility index (Phi) is 4.62. The fourth-order valence-corrected chi connectivity index (χ4v) is 11.4. The van der Waals surface area contributed by atoms with E-state index in [1.807, 2.05) is 0 Å².